The molecule has 0 spiro atoms. The zero-order valence-corrected chi connectivity index (χ0v) is 16.8. The molecule has 0 aliphatic rings. The number of amides is 1. The van der Waals surface area contributed by atoms with E-state index in [1.54, 1.807) is 12.3 Å². The van der Waals surface area contributed by atoms with E-state index in [1.165, 1.54) is 23.4 Å². The molecule has 9 heteroatoms. The monoisotopic (exact) mass is 435 g/mol. The number of nitrogens with one attached hydrogen (secondary N) is 1. The summed E-state index contributed by atoms with van der Waals surface area (Å²) in [4.78, 5) is 20.5. The van der Waals surface area contributed by atoms with Gasteiger partial charge in [0.2, 0.25) is 5.91 Å². The van der Waals surface area contributed by atoms with Gasteiger partial charge in [0.25, 0.3) is 0 Å². The maximum absolute atomic E-state index is 14.4. The van der Waals surface area contributed by atoms with Crippen LogP contribution in [0.15, 0.2) is 73.5 Å². The highest BCUT2D eigenvalue weighted by molar-refractivity contribution is 5.92. The molecular formula is C23H19F2N5O2. The molecule has 0 bridgehead atoms. The van der Waals surface area contributed by atoms with Crippen LogP contribution in [-0.4, -0.2) is 37.3 Å². The van der Waals surface area contributed by atoms with Crippen LogP contribution >= 0.6 is 0 Å². The van der Waals surface area contributed by atoms with Crippen molar-refractivity contribution in [2.45, 2.75) is 12.1 Å². The number of aliphatic hydroxyl groups is 1. The van der Waals surface area contributed by atoms with Crippen LogP contribution in [0.4, 0.5) is 8.78 Å². The van der Waals surface area contributed by atoms with Crippen molar-refractivity contribution in [3.63, 3.8) is 0 Å². The Morgan fingerprint density at radius 2 is 2.03 bits per heavy atom. The normalized spacial score (nSPS) is 13.3. The Labute approximate surface area is 182 Å². The SMILES string of the molecule is O=C(/C=C/c1cnc2ccccc2c1)NCC(O)(Cn1cncn1)c1ccc(F)cc1F. The van der Waals surface area contributed by atoms with E-state index in [1.807, 2.05) is 30.3 Å². The Hall–Kier alpha value is -3.98. The summed E-state index contributed by atoms with van der Waals surface area (Å²) in [5.41, 5.74) is -0.494. The van der Waals surface area contributed by atoms with Gasteiger partial charge < -0.3 is 10.4 Å². The van der Waals surface area contributed by atoms with E-state index in [4.69, 9.17) is 0 Å². The molecular weight excluding hydrogens is 416 g/mol. The average Bonchev–Trinajstić information content (AvgIpc) is 3.28. The number of rotatable bonds is 7. The smallest absolute Gasteiger partial charge is 0.244 e. The summed E-state index contributed by atoms with van der Waals surface area (Å²) < 4.78 is 29.1. The molecule has 0 aliphatic carbocycles. The van der Waals surface area contributed by atoms with Gasteiger partial charge in [0, 0.05) is 29.3 Å². The predicted molar refractivity (Wildman–Crippen MR) is 114 cm³/mol. The molecule has 0 aliphatic heterocycles. The predicted octanol–water partition coefficient (Wildman–Crippen LogP) is 2.82. The number of fused-ring (bicyclic) bond motifs is 1. The Morgan fingerprint density at radius 3 is 2.81 bits per heavy atom. The largest absolute Gasteiger partial charge is 0.381 e. The van der Waals surface area contributed by atoms with E-state index < -0.39 is 23.1 Å². The summed E-state index contributed by atoms with van der Waals surface area (Å²) in [6.45, 7) is -0.539. The van der Waals surface area contributed by atoms with Gasteiger partial charge >= 0.3 is 0 Å². The number of carbonyl (C=O) groups is 1. The van der Waals surface area contributed by atoms with Crippen LogP contribution in [0, 0.1) is 11.6 Å². The van der Waals surface area contributed by atoms with Crippen molar-refractivity contribution in [2.24, 2.45) is 0 Å². The fourth-order valence-corrected chi connectivity index (χ4v) is 3.33. The zero-order chi connectivity index (χ0) is 22.6. The van der Waals surface area contributed by atoms with Gasteiger partial charge in [0.05, 0.1) is 18.6 Å². The van der Waals surface area contributed by atoms with Crippen LogP contribution in [0.1, 0.15) is 11.1 Å². The van der Waals surface area contributed by atoms with E-state index in [0.29, 0.717) is 6.07 Å². The van der Waals surface area contributed by atoms with Crippen LogP contribution < -0.4 is 5.32 Å². The van der Waals surface area contributed by atoms with Crippen molar-refractivity contribution in [3.05, 3.63) is 96.2 Å². The molecule has 0 fully saturated rings. The third-order valence-corrected chi connectivity index (χ3v) is 4.92. The molecule has 1 amide bonds. The van der Waals surface area contributed by atoms with Crippen molar-refractivity contribution in [3.8, 4) is 0 Å². The first-order valence-corrected chi connectivity index (χ1v) is 9.74. The van der Waals surface area contributed by atoms with Crippen LogP contribution in [0.25, 0.3) is 17.0 Å². The number of carbonyl (C=O) groups excluding carboxylic acids is 1. The number of pyridine rings is 1. The lowest BCUT2D eigenvalue weighted by atomic mass is 9.92. The highest BCUT2D eigenvalue weighted by atomic mass is 19.1. The number of aromatic nitrogens is 4. The molecule has 0 saturated heterocycles. The fraction of sp³-hybridized carbons (Fsp3) is 0.130. The number of para-hydroxylation sites is 1. The second-order valence-electron chi connectivity index (χ2n) is 7.26. The number of hydrogen-bond acceptors (Lipinski definition) is 5. The Bertz CT molecular complexity index is 1280. The zero-order valence-electron chi connectivity index (χ0n) is 16.8. The van der Waals surface area contributed by atoms with E-state index in [0.717, 1.165) is 28.6 Å². The maximum atomic E-state index is 14.4. The van der Waals surface area contributed by atoms with Gasteiger partial charge in [-0.15, -0.1) is 0 Å². The van der Waals surface area contributed by atoms with Crippen molar-refractivity contribution < 1.29 is 18.7 Å². The van der Waals surface area contributed by atoms with Crippen molar-refractivity contribution >= 4 is 22.9 Å². The van der Waals surface area contributed by atoms with Gasteiger partial charge in [0.1, 0.15) is 29.9 Å². The van der Waals surface area contributed by atoms with Gasteiger partial charge in [-0.1, -0.05) is 24.3 Å². The molecule has 0 radical (unpaired) electrons. The molecule has 7 nitrogen and oxygen atoms in total. The van der Waals surface area contributed by atoms with E-state index in [-0.39, 0.29) is 18.7 Å². The van der Waals surface area contributed by atoms with Crippen LogP contribution in [0.3, 0.4) is 0 Å². The molecule has 2 aromatic carbocycles. The van der Waals surface area contributed by atoms with E-state index >= 15 is 0 Å². The summed E-state index contributed by atoms with van der Waals surface area (Å²) in [5, 5.41) is 18.6. The minimum absolute atomic E-state index is 0.169. The van der Waals surface area contributed by atoms with Crippen molar-refractivity contribution in [1.29, 1.82) is 0 Å². The lowest BCUT2D eigenvalue weighted by Gasteiger charge is -2.29. The second kappa shape index (κ2) is 9.03. The molecule has 4 aromatic rings. The molecule has 162 valence electrons. The molecule has 0 saturated carbocycles. The topological polar surface area (TPSA) is 92.9 Å². The van der Waals surface area contributed by atoms with Crippen LogP contribution in [0.5, 0.6) is 0 Å². The number of benzene rings is 2. The van der Waals surface area contributed by atoms with Gasteiger partial charge in [-0.3, -0.25) is 9.78 Å². The molecule has 32 heavy (non-hydrogen) atoms. The Morgan fingerprint density at radius 1 is 1.19 bits per heavy atom. The fourth-order valence-electron chi connectivity index (χ4n) is 3.33. The minimum atomic E-state index is -1.89. The third kappa shape index (κ3) is 4.84. The first kappa shape index (κ1) is 21.3. The summed E-state index contributed by atoms with van der Waals surface area (Å²) in [5.74, 6) is -2.21. The maximum Gasteiger partial charge on any atom is 0.244 e. The van der Waals surface area contributed by atoms with Gasteiger partial charge in [-0.2, -0.15) is 5.10 Å². The quantitative estimate of drug-likeness (QED) is 0.436. The summed E-state index contributed by atoms with van der Waals surface area (Å²) in [6.07, 6.45) is 7.13. The highest BCUT2D eigenvalue weighted by Gasteiger charge is 2.34. The average molecular weight is 435 g/mol. The molecule has 2 heterocycles. The van der Waals surface area contributed by atoms with Gasteiger partial charge in [-0.05, 0) is 29.8 Å². The standard InChI is InChI=1S/C23H19F2N5O2/c24-18-6-7-19(20(25)10-18)23(32,13-30-15-26-14-29-30)12-28-22(31)8-5-16-9-17-3-1-2-4-21(17)27-11-16/h1-11,14-15,32H,12-13H2,(H,28,31)/b8-5+. The van der Waals surface area contributed by atoms with Crippen LogP contribution in [0.2, 0.25) is 0 Å². The minimum Gasteiger partial charge on any atom is -0.381 e. The number of halogens is 2. The lowest BCUT2D eigenvalue weighted by Crippen LogP contribution is -2.44. The molecule has 1 unspecified atom stereocenters. The first-order valence-electron chi connectivity index (χ1n) is 9.74. The molecule has 1 atom stereocenters. The summed E-state index contributed by atoms with van der Waals surface area (Å²) in [7, 11) is 0. The summed E-state index contributed by atoms with van der Waals surface area (Å²) in [6, 6.07) is 12.3. The molecule has 2 aromatic heterocycles. The summed E-state index contributed by atoms with van der Waals surface area (Å²) >= 11 is 0. The Balaban J connectivity index is 1.50. The molecule has 2 N–H and O–H groups in total. The van der Waals surface area contributed by atoms with Crippen LogP contribution in [-0.2, 0) is 16.9 Å². The van der Waals surface area contributed by atoms with Gasteiger partial charge in [0.15, 0.2) is 0 Å². The van der Waals surface area contributed by atoms with E-state index in [9.17, 15) is 18.7 Å². The van der Waals surface area contributed by atoms with Crippen molar-refractivity contribution in [1.82, 2.24) is 25.1 Å². The van der Waals surface area contributed by atoms with Gasteiger partial charge in [-0.25, -0.2) is 18.4 Å². The first-order chi connectivity index (χ1) is 15.4. The lowest BCUT2D eigenvalue weighted by molar-refractivity contribution is -0.118. The second-order valence-corrected chi connectivity index (χ2v) is 7.26. The number of nitrogens with zero attached hydrogens (tertiary/aromatic N) is 4. The number of hydrogen-bond donors (Lipinski definition) is 2. The third-order valence-electron chi connectivity index (χ3n) is 4.92. The van der Waals surface area contributed by atoms with Crippen molar-refractivity contribution in [2.75, 3.05) is 6.54 Å². The van der Waals surface area contributed by atoms with E-state index in [2.05, 4.69) is 20.4 Å². The Kier molecular flexibility index (Phi) is 6.00. The molecule has 4 rings (SSSR count). The highest BCUT2D eigenvalue weighted by Crippen LogP contribution is 2.26.